The molecule has 0 radical (unpaired) electrons. The molecule has 0 saturated carbocycles. The van der Waals surface area contributed by atoms with E-state index >= 15 is 0 Å². The van der Waals surface area contributed by atoms with Gasteiger partial charge in [-0.25, -0.2) is 0 Å². The minimum absolute atomic E-state index is 0.488. The quantitative estimate of drug-likeness (QED) is 0.822. The summed E-state index contributed by atoms with van der Waals surface area (Å²) in [4.78, 5) is 0. The number of unbranched alkanes of at least 4 members (excludes halogenated alkanes) is 1. The van der Waals surface area contributed by atoms with Gasteiger partial charge in [-0.1, -0.05) is 43.0 Å². The molecule has 0 aliphatic rings. The minimum atomic E-state index is -0.560. The number of aliphatic hydroxyl groups excluding tert-OH is 1. The molecule has 0 aromatic heterocycles. The van der Waals surface area contributed by atoms with Gasteiger partial charge in [0.05, 0.1) is 22.8 Å². The average Bonchev–Trinajstić information content (AvgIpc) is 2.30. The van der Waals surface area contributed by atoms with Crippen molar-refractivity contribution in [3.05, 3.63) is 27.7 Å². The third kappa shape index (κ3) is 4.06. The van der Waals surface area contributed by atoms with Crippen LogP contribution in [-0.4, -0.2) is 11.7 Å². The van der Waals surface area contributed by atoms with Crippen molar-refractivity contribution in [2.24, 2.45) is 0 Å². The first-order valence-corrected chi connectivity index (χ1v) is 6.65. The highest BCUT2D eigenvalue weighted by molar-refractivity contribution is 6.34. The molecule has 0 heterocycles. The van der Waals surface area contributed by atoms with Gasteiger partial charge in [-0.15, -0.1) is 0 Å². The van der Waals surface area contributed by atoms with E-state index in [0.717, 1.165) is 12.8 Å². The fourth-order valence-electron chi connectivity index (χ4n) is 1.62. The number of halogens is 2. The van der Waals surface area contributed by atoms with Crippen molar-refractivity contribution in [3.63, 3.8) is 0 Å². The van der Waals surface area contributed by atoms with Crippen molar-refractivity contribution in [3.8, 4) is 5.75 Å². The van der Waals surface area contributed by atoms with E-state index in [2.05, 4.69) is 6.92 Å². The molecule has 0 aliphatic heterocycles. The highest BCUT2D eigenvalue weighted by Crippen LogP contribution is 2.35. The van der Waals surface area contributed by atoms with Crippen LogP contribution >= 0.6 is 23.2 Å². The molecule has 1 aromatic carbocycles. The van der Waals surface area contributed by atoms with Gasteiger partial charge in [0.2, 0.25) is 0 Å². The molecular formula is C13H18Cl2O2. The molecule has 1 aromatic rings. The molecule has 0 bridgehead atoms. The van der Waals surface area contributed by atoms with Gasteiger partial charge in [0.15, 0.2) is 0 Å². The lowest BCUT2D eigenvalue weighted by molar-refractivity contribution is 0.164. The van der Waals surface area contributed by atoms with E-state index in [0.29, 0.717) is 34.4 Å². The molecule has 0 fully saturated rings. The Morgan fingerprint density at radius 3 is 2.53 bits per heavy atom. The predicted octanol–water partition coefficient (Wildman–Crippen LogP) is 4.62. The first-order valence-electron chi connectivity index (χ1n) is 5.89. The van der Waals surface area contributed by atoms with E-state index in [-0.39, 0.29) is 0 Å². The van der Waals surface area contributed by atoms with Crippen LogP contribution in [0.25, 0.3) is 0 Å². The normalized spacial score (nSPS) is 12.5. The van der Waals surface area contributed by atoms with Crippen molar-refractivity contribution < 1.29 is 9.84 Å². The van der Waals surface area contributed by atoms with E-state index in [1.165, 1.54) is 0 Å². The highest BCUT2D eigenvalue weighted by Gasteiger charge is 2.14. The summed E-state index contributed by atoms with van der Waals surface area (Å²) >= 11 is 12.2. The molecule has 2 nitrogen and oxygen atoms in total. The Bertz CT molecular complexity index is 367. The fourth-order valence-corrected chi connectivity index (χ4v) is 2.12. The Labute approximate surface area is 113 Å². The summed E-state index contributed by atoms with van der Waals surface area (Å²) in [6.07, 6.45) is 2.14. The molecule has 0 spiro atoms. The summed E-state index contributed by atoms with van der Waals surface area (Å²) in [6.45, 7) is 4.50. The van der Waals surface area contributed by atoms with Gasteiger partial charge in [-0.3, -0.25) is 0 Å². The first-order chi connectivity index (χ1) is 8.10. The number of aliphatic hydroxyl groups is 1. The maximum Gasteiger partial charge on any atom is 0.139 e. The number of hydrogen-bond donors (Lipinski definition) is 1. The maximum atomic E-state index is 9.99. The lowest BCUT2D eigenvalue weighted by atomic mass is 10.0. The number of rotatable bonds is 6. The molecule has 17 heavy (non-hydrogen) atoms. The van der Waals surface area contributed by atoms with Gasteiger partial charge in [0, 0.05) is 11.6 Å². The Kier molecular flexibility index (Phi) is 6.10. The van der Waals surface area contributed by atoms with Crippen LogP contribution in [0.3, 0.4) is 0 Å². The monoisotopic (exact) mass is 276 g/mol. The zero-order chi connectivity index (χ0) is 12.8. The molecule has 96 valence electrons. The lowest BCUT2D eigenvalue weighted by Gasteiger charge is -2.14. The van der Waals surface area contributed by atoms with E-state index < -0.39 is 6.10 Å². The zero-order valence-corrected chi connectivity index (χ0v) is 11.7. The number of ether oxygens (including phenoxy) is 1. The molecule has 0 saturated heterocycles. The summed E-state index contributed by atoms with van der Waals surface area (Å²) in [6, 6.07) is 3.35. The third-order valence-corrected chi connectivity index (χ3v) is 3.16. The second-order valence-electron chi connectivity index (χ2n) is 3.90. The summed E-state index contributed by atoms with van der Waals surface area (Å²) in [7, 11) is 0. The van der Waals surface area contributed by atoms with Crippen LogP contribution in [0.2, 0.25) is 10.0 Å². The van der Waals surface area contributed by atoms with Crippen molar-refractivity contribution in [1.29, 1.82) is 0 Å². The molecule has 1 rings (SSSR count). The topological polar surface area (TPSA) is 29.5 Å². The van der Waals surface area contributed by atoms with E-state index in [1.54, 1.807) is 12.1 Å². The van der Waals surface area contributed by atoms with Crippen LogP contribution in [0.4, 0.5) is 0 Å². The third-order valence-electron chi connectivity index (χ3n) is 2.54. The van der Waals surface area contributed by atoms with Crippen LogP contribution < -0.4 is 4.74 Å². The average molecular weight is 277 g/mol. The molecule has 4 heteroatoms. The standard InChI is InChI=1S/C13H18Cl2O2/c1-3-5-6-12(16)9-7-11(15)13(17-4-2)8-10(9)14/h7-8,12,16H,3-6H2,1-2H3. The smallest absolute Gasteiger partial charge is 0.139 e. The molecule has 1 N–H and O–H groups in total. The van der Waals surface area contributed by atoms with Gasteiger partial charge in [-0.2, -0.15) is 0 Å². The molecule has 0 amide bonds. The van der Waals surface area contributed by atoms with Crippen molar-refractivity contribution in [2.45, 2.75) is 39.2 Å². The summed E-state index contributed by atoms with van der Waals surface area (Å²) in [5.41, 5.74) is 0.675. The van der Waals surface area contributed by atoms with Crippen LogP contribution in [-0.2, 0) is 0 Å². The van der Waals surface area contributed by atoms with Crippen LogP contribution in [0.1, 0.15) is 44.8 Å². The molecule has 0 aliphatic carbocycles. The fraction of sp³-hybridized carbons (Fsp3) is 0.538. The lowest BCUT2D eigenvalue weighted by Crippen LogP contribution is -2.00. The largest absolute Gasteiger partial charge is 0.492 e. The van der Waals surface area contributed by atoms with Crippen molar-refractivity contribution in [2.75, 3.05) is 6.61 Å². The summed E-state index contributed by atoms with van der Waals surface area (Å²) in [5.74, 6) is 0.561. The highest BCUT2D eigenvalue weighted by atomic mass is 35.5. The zero-order valence-electron chi connectivity index (χ0n) is 10.2. The van der Waals surface area contributed by atoms with Gasteiger partial charge in [-0.05, 0) is 19.4 Å². The Morgan fingerprint density at radius 2 is 1.94 bits per heavy atom. The van der Waals surface area contributed by atoms with Gasteiger partial charge >= 0.3 is 0 Å². The number of benzene rings is 1. The minimum Gasteiger partial charge on any atom is -0.492 e. The first kappa shape index (κ1) is 14.6. The second-order valence-corrected chi connectivity index (χ2v) is 4.71. The van der Waals surface area contributed by atoms with Crippen molar-refractivity contribution >= 4 is 23.2 Å². The Hall–Kier alpha value is -0.440. The van der Waals surface area contributed by atoms with E-state index in [4.69, 9.17) is 27.9 Å². The summed E-state index contributed by atoms with van der Waals surface area (Å²) in [5, 5.41) is 11.0. The predicted molar refractivity (Wildman–Crippen MR) is 72.1 cm³/mol. The maximum absolute atomic E-state index is 9.99. The molecular weight excluding hydrogens is 259 g/mol. The van der Waals surface area contributed by atoms with Gasteiger partial charge in [0.25, 0.3) is 0 Å². The molecule has 1 unspecified atom stereocenters. The second kappa shape index (κ2) is 7.10. The van der Waals surface area contributed by atoms with Crippen LogP contribution in [0, 0.1) is 0 Å². The van der Waals surface area contributed by atoms with Crippen LogP contribution in [0.5, 0.6) is 5.75 Å². The van der Waals surface area contributed by atoms with E-state index in [9.17, 15) is 5.11 Å². The Balaban J connectivity index is 2.90. The van der Waals surface area contributed by atoms with Crippen molar-refractivity contribution in [1.82, 2.24) is 0 Å². The molecule has 1 atom stereocenters. The van der Waals surface area contributed by atoms with E-state index in [1.807, 2.05) is 6.92 Å². The van der Waals surface area contributed by atoms with Gasteiger partial charge in [0.1, 0.15) is 5.75 Å². The number of hydrogen-bond acceptors (Lipinski definition) is 2. The SMILES string of the molecule is CCCCC(O)c1cc(Cl)c(OCC)cc1Cl. The Morgan fingerprint density at radius 1 is 1.24 bits per heavy atom. The van der Waals surface area contributed by atoms with Crippen LogP contribution in [0.15, 0.2) is 12.1 Å². The van der Waals surface area contributed by atoms with Gasteiger partial charge < -0.3 is 9.84 Å². The summed E-state index contributed by atoms with van der Waals surface area (Å²) < 4.78 is 5.34.